The molecule has 0 heterocycles. The Hall–Kier alpha value is -1.82. The summed E-state index contributed by atoms with van der Waals surface area (Å²) in [4.78, 5) is 24.1. The SMILES string of the molecule is C[C@H](OC(=O)c1cc(Cl)cc(Cl)c1)C(=O)Nc1ccc(F)cc1Cl. The lowest BCUT2D eigenvalue weighted by atomic mass is 10.2. The predicted molar refractivity (Wildman–Crippen MR) is 91.4 cm³/mol. The van der Waals surface area contributed by atoms with Gasteiger partial charge in [-0.1, -0.05) is 34.8 Å². The van der Waals surface area contributed by atoms with Crippen molar-refractivity contribution in [1.29, 1.82) is 0 Å². The number of hydrogen-bond donors (Lipinski definition) is 1. The molecule has 0 aliphatic rings. The molecule has 1 amide bonds. The van der Waals surface area contributed by atoms with E-state index in [1.54, 1.807) is 0 Å². The second kappa shape index (κ2) is 7.83. The van der Waals surface area contributed by atoms with Gasteiger partial charge in [0.05, 0.1) is 16.3 Å². The number of carbonyl (C=O) groups excluding carboxylic acids is 2. The fraction of sp³-hybridized carbons (Fsp3) is 0.125. The van der Waals surface area contributed by atoms with E-state index in [1.807, 2.05) is 0 Å². The van der Waals surface area contributed by atoms with Crippen LogP contribution in [0, 0.1) is 5.82 Å². The second-order valence-electron chi connectivity index (χ2n) is 4.82. The van der Waals surface area contributed by atoms with Gasteiger partial charge in [0.25, 0.3) is 5.91 Å². The maximum absolute atomic E-state index is 13.0. The maximum Gasteiger partial charge on any atom is 0.339 e. The number of benzene rings is 2. The van der Waals surface area contributed by atoms with Crippen molar-refractivity contribution in [2.45, 2.75) is 13.0 Å². The predicted octanol–water partition coefficient (Wildman–Crippen LogP) is 4.97. The van der Waals surface area contributed by atoms with Gasteiger partial charge >= 0.3 is 5.97 Å². The van der Waals surface area contributed by atoms with Crippen molar-refractivity contribution >= 4 is 52.4 Å². The van der Waals surface area contributed by atoms with Gasteiger partial charge in [-0.05, 0) is 43.3 Å². The van der Waals surface area contributed by atoms with Gasteiger partial charge in [-0.25, -0.2) is 9.18 Å². The lowest BCUT2D eigenvalue weighted by Gasteiger charge is -2.14. The molecule has 0 spiro atoms. The van der Waals surface area contributed by atoms with Crippen LogP contribution in [-0.2, 0) is 9.53 Å². The van der Waals surface area contributed by atoms with Crippen LogP contribution in [0.25, 0.3) is 0 Å². The number of hydrogen-bond acceptors (Lipinski definition) is 3. The third-order valence-corrected chi connectivity index (χ3v) is 3.69. The highest BCUT2D eigenvalue weighted by molar-refractivity contribution is 6.35. The molecule has 0 unspecified atom stereocenters. The highest BCUT2D eigenvalue weighted by atomic mass is 35.5. The zero-order valence-corrected chi connectivity index (χ0v) is 14.5. The molecule has 8 heteroatoms. The molecule has 2 aromatic rings. The van der Waals surface area contributed by atoms with Crippen molar-refractivity contribution in [2.24, 2.45) is 0 Å². The Balaban J connectivity index is 2.04. The topological polar surface area (TPSA) is 55.4 Å². The Bertz CT molecular complexity index is 778. The number of ether oxygens (including phenoxy) is 1. The molecule has 0 saturated heterocycles. The van der Waals surface area contributed by atoms with Crippen LogP contribution in [0.5, 0.6) is 0 Å². The minimum absolute atomic E-state index is 0.0310. The highest BCUT2D eigenvalue weighted by Gasteiger charge is 2.20. The lowest BCUT2D eigenvalue weighted by Crippen LogP contribution is -2.30. The molecule has 0 fully saturated rings. The summed E-state index contributed by atoms with van der Waals surface area (Å²) in [5.74, 6) is -1.91. The minimum Gasteiger partial charge on any atom is -0.449 e. The fourth-order valence-corrected chi connectivity index (χ4v) is 2.52. The first kappa shape index (κ1) is 18.5. The van der Waals surface area contributed by atoms with E-state index in [2.05, 4.69) is 5.32 Å². The summed E-state index contributed by atoms with van der Waals surface area (Å²) in [6.07, 6.45) is -1.11. The number of rotatable bonds is 4. The number of halogens is 4. The van der Waals surface area contributed by atoms with Crippen molar-refractivity contribution in [1.82, 2.24) is 0 Å². The van der Waals surface area contributed by atoms with Crippen LogP contribution < -0.4 is 5.32 Å². The molecular formula is C16H11Cl3FNO3. The molecule has 2 rings (SSSR count). The molecule has 24 heavy (non-hydrogen) atoms. The molecule has 0 aliphatic carbocycles. The first-order chi connectivity index (χ1) is 11.3. The van der Waals surface area contributed by atoms with Crippen LogP contribution in [-0.4, -0.2) is 18.0 Å². The van der Waals surface area contributed by atoms with Crippen molar-refractivity contribution in [3.8, 4) is 0 Å². The number of esters is 1. The van der Waals surface area contributed by atoms with Crippen molar-refractivity contribution in [3.63, 3.8) is 0 Å². The fourth-order valence-electron chi connectivity index (χ4n) is 1.78. The Morgan fingerprint density at radius 1 is 1.08 bits per heavy atom. The van der Waals surface area contributed by atoms with Crippen LogP contribution in [0.2, 0.25) is 15.1 Å². The zero-order chi connectivity index (χ0) is 17.9. The first-order valence-corrected chi connectivity index (χ1v) is 7.82. The second-order valence-corrected chi connectivity index (χ2v) is 6.10. The molecular weight excluding hydrogens is 380 g/mol. The average Bonchev–Trinajstić information content (AvgIpc) is 2.48. The summed E-state index contributed by atoms with van der Waals surface area (Å²) in [5.41, 5.74) is 0.323. The van der Waals surface area contributed by atoms with Gasteiger partial charge in [-0.15, -0.1) is 0 Å². The molecule has 1 N–H and O–H groups in total. The van der Waals surface area contributed by atoms with Crippen LogP contribution in [0.1, 0.15) is 17.3 Å². The summed E-state index contributed by atoms with van der Waals surface area (Å²) in [7, 11) is 0. The van der Waals surface area contributed by atoms with Crippen molar-refractivity contribution in [2.75, 3.05) is 5.32 Å². The third-order valence-electron chi connectivity index (χ3n) is 2.94. The van der Waals surface area contributed by atoms with E-state index in [1.165, 1.54) is 31.2 Å². The zero-order valence-electron chi connectivity index (χ0n) is 12.3. The van der Waals surface area contributed by atoms with Crippen LogP contribution in [0.3, 0.4) is 0 Å². The van der Waals surface area contributed by atoms with E-state index in [4.69, 9.17) is 39.5 Å². The summed E-state index contributed by atoms with van der Waals surface area (Å²) in [6.45, 7) is 1.39. The smallest absolute Gasteiger partial charge is 0.339 e. The normalized spacial score (nSPS) is 11.7. The number of anilines is 1. The van der Waals surface area contributed by atoms with E-state index in [9.17, 15) is 14.0 Å². The molecule has 126 valence electrons. The molecule has 0 radical (unpaired) electrons. The van der Waals surface area contributed by atoms with Crippen LogP contribution in [0.15, 0.2) is 36.4 Å². The van der Waals surface area contributed by atoms with Gasteiger partial charge in [0, 0.05) is 10.0 Å². The lowest BCUT2D eigenvalue weighted by molar-refractivity contribution is -0.123. The molecule has 0 aromatic heterocycles. The van der Waals surface area contributed by atoms with E-state index in [-0.39, 0.29) is 26.3 Å². The monoisotopic (exact) mass is 389 g/mol. The summed E-state index contributed by atoms with van der Waals surface area (Å²) < 4.78 is 18.0. The molecule has 4 nitrogen and oxygen atoms in total. The Labute approximate surface area is 152 Å². The quantitative estimate of drug-likeness (QED) is 0.750. The standard InChI is InChI=1S/C16H11Cl3FNO3/c1-8(15(22)21-14-3-2-12(20)7-13(14)19)24-16(23)9-4-10(17)6-11(18)5-9/h2-8H,1H3,(H,21,22)/t8-/m0/s1. The van der Waals surface area contributed by atoms with Crippen LogP contribution >= 0.6 is 34.8 Å². The number of nitrogens with one attached hydrogen (secondary N) is 1. The van der Waals surface area contributed by atoms with Gasteiger partial charge in [0.15, 0.2) is 6.10 Å². The van der Waals surface area contributed by atoms with Crippen molar-refractivity contribution in [3.05, 3.63) is 62.8 Å². The van der Waals surface area contributed by atoms with Gasteiger partial charge in [-0.3, -0.25) is 4.79 Å². The van der Waals surface area contributed by atoms with Gasteiger partial charge < -0.3 is 10.1 Å². The molecule has 2 aromatic carbocycles. The Morgan fingerprint density at radius 2 is 1.71 bits per heavy atom. The Kier molecular flexibility index (Phi) is 6.04. The summed E-state index contributed by atoms with van der Waals surface area (Å²) in [5, 5.41) is 3.02. The summed E-state index contributed by atoms with van der Waals surface area (Å²) >= 11 is 17.5. The van der Waals surface area contributed by atoms with Gasteiger partial charge in [0.1, 0.15) is 5.82 Å². The molecule has 0 saturated carbocycles. The van der Waals surface area contributed by atoms with E-state index >= 15 is 0 Å². The maximum atomic E-state index is 13.0. The third kappa shape index (κ3) is 4.84. The number of amides is 1. The number of carbonyl (C=O) groups is 2. The highest BCUT2D eigenvalue weighted by Crippen LogP contribution is 2.23. The van der Waals surface area contributed by atoms with E-state index in [0.717, 1.165) is 12.1 Å². The van der Waals surface area contributed by atoms with Gasteiger partial charge in [0.2, 0.25) is 0 Å². The molecule has 1 atom stereocenters. The van der Waals surface area contributed by atoms with E-state index in [0.29, 0.717) is 0 Å². The van der Waals surface area contributed by atoms with Gasteiger partial charge in [-0.2, -0.15) is 0 Å². The first-order valence-electron chi connectivity index (χ1n) is 6.69. The van der Waals surface area contributed by atoms with Crippen LogP contribution in [0.4, 0.5) is 10.1 Å². The minimum atomic E-state index is -1.11. The summed E-state index contributed by atoms with van der Waals surface area (Å²) in [6, 6.07) is 7.72. The average molecular weight is 391 g/mol. The largest absolute Gasteiger partial charge is 0.449 e. The van der Waals surface area contributed by atoms with Crippen molar-refractivity contribution < 1.29 is 18.7 Å². The molecule has 0 aliphatic heterocycles. The molecule has 0 bridgehead atoms. The van der Waals surface area contributed by atoms with E-state index < -0.39 is 23.8 Å². The Morgan fingerprint density at radius 3 is 2.29 bits per heavy atom.